The van der Waals surface area contributed by atoms with E-state index in [9.17, 15) is 4.79 Å². The third kappa shape index (κ3) is 3.06. The second-order valence-electron chi connectivity index (χ2n) is 5.68. The molecule has 0 bridgehead atoms. The Bertz CT molecular complexity index is 913. The number of aryl methyl sites for hydroxylation is 1. The van der Waals surface area contributed by atoms with Crippen LogP contribution in [0, 0.1) is 13.8 Å². The predicted molar refractivity (Wildman–Crippen MR) is 94.4 cm³/mol. The van der Waals surface area contributed by atoms with Crippen molar-refractivity contribution in [3.63, 3.8) is 0 Å². The predicted octanol–water partition coefficient (Wildman–Crippen LogP) is 3.77. The zero-order valence-electron chi connectivity index (χ0n) is 13.6. The van der Waals surface area contributed by atoms with E-state index in [1.807, 2.05) is 36.4 Å². The van der Waals surface area contributed by atoms with Crippen molar-refractivity contribution in [2.75, 3.05) is 12.4 Å². The number of aromatic nitrogens is 1. The molecule has 0 saturated heterocycles. The molecule has 1 aromatic heterocycles. The van der Waals surface area contributed by atoms with Crippen LogP contribution in [0.25, 0.3) is 10.9 Å². The van der Waals surface area contributed by atoms with Gasteiger partial charge in [0.2, 0.25) is 0 Å². The Kier molecular flexibility index (Phi) is 4.06. The molecule has 4 heteroatoms. The van der Waals surface area contributed by atoms with E-state index in [-0.39, 0.29) is 5.56 Å². The summed E-state index contributed by atoms with van der Waals surface area (Å²) in [7, 11) is 1.63. The van der Waals surface area contributed by atoms with Gasteiger partial charge in [-0.3, -0.25) is 4.79 Å². The van der Waals surface area contributed by atoms with Gasteiger partial charge in [0, 0.05) is 28.7 Å². The highest BCUT2D eigenvalue weighted by Gasteiger charge is 2.06. The van der Waals surface area contributed by atoms with E-state index in [0.717, 1.165) is 22.3 Å². The van der Waals surface area contributed by atoms with Gasteiger partial charge in [0.25, 0.3) is 5.56 Å². The number of pyridine rings is 1. The highest BCUT2D eigenvalue weighted by atomic mass is 16.5. The molecule has 0 fully saturated rings. The van der Waals surface area contributed by atoms with Crippen LogP contribution in [0.2, 0.25) is 0 Å². The molecule has 0 radical (unpaired) electrons. The molecule has 4 nitrogen and oxygen atoms in total. The summed E-state index contributed by atoms with van der Waals surface area (Å²) >= 11 is 0. The molecule has 1 heterocycles. The third-order valence-electron chi connectivity index (χ3n) is 4.20. The Morgan fingerprint density at radius 3 is 2.74 bits per heavy atom. The Morgan fingerprint density at radius 1 is 1.13 bits per heavy atom. The standard InChI is InChI=1S/C19H20N2O2/c1-12-5-4-6-17(13(12)2)20-11-15-9-14-10-16(23-3)7-8-18(14)21-19(15)22/h4-10,20H,11H2,1-3H3,(H,21,22). The van der Waals surface area contributed by atoms with Gasteiger partial charge in [-0.05, 0) is 55.3 Å². The van der Waals surface area contributed by atoms with Crippen LogP contribution in [0.1, 0.15) is 16.7 Å². The summed E-state index contributed by atoms with van der Waals surface area (Å²) in [6.07, 6.45) is 0. The molecular weight excluding hydrogens is 288 g/mol. The van der Waals surface area contributed by atoms with E-state index in [2.05, 4.69) is 30.2 Å². The molecule has 3 aromatic rings. The number of anilines is 1. The molecule has 0 aliphatic heterocycles. The lowest BCUT2D eigenvalue weighted by Crippen LogP contribution is -2.16. The first-order chi connectivity index (χ1) is 11.1. The maximum atomic E-state index is 12.2. The largest absolute Gasteiger partial charge is 0.497 e. The average molecular weight is 308 g/mol. The van der Waals surface area contributed by atoms with Crippen LogP contribution < -0.4 is 15.6 Å². The molecular formula is C19H20N2O2. The van der Waals surface area contributed by atoms with Crippen molar-refractivity contribution in [3.8, 4) is 5.75 Å². The van der Waals surface area contributed by atoms with Crippen molar-refractivity contribution < 1.29 is 4.74 Å². The van der Waals surface area contributed by atoms with E-state index in [1.165, 1.54) is 11.1 Å². The Morgan fingerprint density at radius 2 is 1.96 bits per heavy atom. The van der Waals surface area contributed by atoms with Crippen LogP contribution in [0.4, 0.5) is 5.69 Å². The minimum absolute atomic E-state index is 0.0690. The molecule has 118 valence electrons. The SMILES string of the molecule is COc1ccc2[nH]c(=O)c(CNc3cccc(C)c3C)cc2c1. The summed E-state index contributed by atoms with van der Waals surface area (Å²) in [5, 5.41) is 4.31. The number of fused-ring (bicyclic) bond motifs is 1. The van der Waals surface area contributed by atoms with Crippen LogP contribution >= 0.6 is 0 Å². The van der Waals surface area contributed by atoms with Crippen LogP contribution in [-0.4, -0.2) is 12.1 Å². The molecule has 0 spiro atoms. The van der Waals surface area contributed by atoms with Crippen molar-refractivity contribution >= 4 is 16.6 Å². The quantitative estimate of drug-likeness (QED) is 0.771. The number of hydrogen-bond donors (Lipinski definition) is 2. The van der Waals surface area contributed by atoms with Gasteiger partial charge in [0.05, 0.1) is 7.11 Å². The number of aromatic amines is 1. The average Bonchev–Trinajstić information content (AvgIpc) is 2.56. The van der Waals surface area contributed by atoms with Gasteiger partial charge >= 0.3 is 0 Å². The van der Waals surface area contributed by atoms with Gasteiger partial charge in [-0.1, -0.05) is 12.1 Å². The van der Waals surface area contributed by atoms with Gasteiger partial charge < -0.3 is 15.0 Å². The number of benzene rings is 2. The van der Waals surface area contributed by atoms with Crippen LogP contribution in [-0.2, 0) is 6.54 Å². The molecule has 0 amide bonds. The van der Waals surface area contributed by atoms with E-state index in [0.29, 0.717) is 12.1 Å². The number of nitrogens with one attached hydrogen (secondary N) is 2. The summed E-state index contributed by atoms with van der Waals surface area (Å²) in [5.41, 5.74) is 4.92. The Balaban J connectivity index is 1.91. The second kappa shape index (κ2) is 6.16. The first-order valence-electron chi connectivity index (χ1n) is 7.58. The Labute approximate surface area is 135 Å². The van der Waals surface area contributed by atoms with Crippen LogP contribution in [0.5, 0.6) is 5.75 Å². The highest BCUT2D eigenvalue weighted by Crippen LogP contribution is 2.21. The molecule has 3 rings (SSSR count). The number of H-pyrrole nitrogens is 1. The molecule has 0 aliphatic rings. The van der Waals surface area contributed by atoms with Crippen LogP contribution in [0.15, 0.2) is 47.3 Å². The summed E-state index contributed by atoms with van der Waals surface area (Å²) < 4.78 is 5.24. The summed E-state index contributed by atoms with van der Waals surface area (Å²) in [4.78, 5) is 15.2. The highest BCUT2D eigenvalue weighted by molar-refractivity contribution is 5.80. The topological polar surface area (TPSA) is 54.1 Å². The lowest BCUT2D eigenvalue weighted by Gasteiger charge is -2.11. The summed E-state index contributed by atoms with van der Waals surface area (Å²) in [6, 6.07) is 13.7. The third-order valence-corrected chi connectivity index (χ3v) is 4.20. The van der Waals surface area contributed by atoms with Crippen molar-refractivity contribution in [2.24, 2.45) is 0 Å². The number of ether oxygens (including phenoxy) is 1. The molecule has 2 aromatic carbocycles. The van der Waals surface area contributed by atoms with Crippen molar-refractivity contribution in [2.45, 2.75) is 20.4 Å². The van der Waals surface area contributed by atoms with E-state index in [1.54, 1.807) is 7.11 Å². The van der Waals surface area contributed by atoms with Crippen molar-refractivity contribution in [3.05, 3.63) is 69.5 Å². The Hall–Kier alpha value is -2.75. The van der Waals surface area contributed by atoms with Crippen molar-refractivity contribution in [1.29, 1.82) is 0 Å². The minimum atomic E-state index is -0.0690. The van der Waals surface area contributed by atoms with Crippen molar-refractivity contribution in [1.82, 2.24) is 4.98 Å². The molecule has 0 aliphatic carbocycles. The fourth-order valence-electron chi connectivity index (χ4n) is 2.62. The maximum Gasteiger partial charge on any atom is 0.253 e. The summed E-state index contributed by atoms with van der Waals surface area (Å²) in [6.45, 7) is 4.63. The fourth-order valence-corrected chi connectivity index (χ4v) is 2.62. The smallest absolute Gasteiger partial charge is 0.253 e. The molecule has 0 atom stereocenters. The maximum absolute atomic E-state index is 12.2. The lowest BCUT2D eigenvalue weighted by atomic mass is 10.1. The lowest BCUT2D eigenvalue weighted by molar-refractivity contribution is 0.415. The van der Waals surface area contributed by atoms with Gasteiger partial charge in [-0.2, -0.15) is 0 Å². The van der Waals surface area contributed by atoms with Crippen LogP contribution in [0.3, 0.4) is 0 Å². The van der Waals surface area contributed by atoms with Gasteiger partial charge in [0.1, 0.15) is 5.75 Å². The first-order valence-corrected chi connectivity index (χ1v) is 7.58. The normalized spacial score (nSPS) is 10.7. The first kappa shape index (κ1) is 15.2. The van der Waals surface area contributed by atoms with Gasteiger partial charge in [0.15, 0.2) is 0 Å². The van der Waals surface area contributed by atoms with Gasteiger partial charge in [-0.25, -0.2) is 0 Å². The van der Waals surface area contributed by atoms with E-state index in [4.69, 9.17) is 4.74 Å². The molecule has 0 unspecified atom stereocenters. The van der Waals surface area contributed by atoms with Gasteiger partial charge in [-0.15, -0.1) is 0 Å². The van der Waals surface area contributed by atoms with E-state index >= 15 is 0 Å². The molecule has 23 heavy (non-hydrogen) atoms. The number of hydrogen-bond acceptors (Lipinski definition) is 3. The second-order valence-corrected chi connectivity index (χ2v) is 5.68. The molecule has 2 N–H and O–H groups in total. The zero-order valence-corrected chi connectivity index (χ0v) is 13.6. The fraction of sp³-hybridized carbons (Fsp3) is 0.211. The minimum Gasteiger partial charge on any atom is -0.497 e. The van der Waals surface area contributed by atoms with E-state index < -0.39 is 0 Å². The zero-order chi connectivity index (χ0) is 16.4. The number of methoxy groups -OCH3 is 1. The number of rotatable bonds is 4. The monoisotopic (exact) mass is 308 g/mol. The molecule has 0 saturated carbocycles. The summed E-state index contributed by atoms with van der Waals surface area (Å²) in [5.74, 6) is 0.776.